The molecule has 5 heteroatoms. The van der Waals surface area contributed by atoms with Crippen LogP contribution in [0.4, 0.5) is 0 Å². The van der Waals surface area contributed by atoms with Crippen LogP contribution >= 0.6 is 0 Å². The van der Waals surface area contributed by atoms with E-state index >= 15 is 0 Å². The van der Waals surface area contributed by atoms with Crippen LogP contribution in [0.5, 0.6) is 0 Å². The molecular weight excluding hydrogens is 585 g/mol. The first-order chi connectivity index (χ1) is 20.6. The van der Waals surface area contributed by atoms with Crippen molar-refractivity contribution in [2.75, 3.05) is 0 Å². The number of carboxylic acids is 2. The average molecular weight is 645 g/mol. The summed E-state index contributed by atoms with van der Waals surface area (Å²) < 4.78 is 0. The van der Waals surface area contributed by atoms with Crippen LogP contribution < -0.4 is 0 Å². The quantitative estimate of drug-likeness (QED) is 0.299. The van der Waals surface area contributed by atoms with Crippen LogP contribution in [0.2, 0.25) is 0 Å². The Hall–Kier alpha value is -0.840. The van der Waals surface area contributed by atoms with E-state index in [-0.39, 0.29) is 60.4 Å². The molecule has 6 aliphatic carbocycles. The molecule has 0 aliphatic heterocycles. The third-order valence-electron chi connectivity index (χ3n) is 14.1. The standard InChI is InChI=1S/2C20H30O2.Ca/c2*1-13(2)14-6-8-16-15(12-14)7-9-17-19(16,3)10-5-11-20(17,4)18(21)22;/h2*7,12-13,16-17H,5-6,8-11H2,1-4H3,(H,21,22);/t2*16-,17+,19+,20+;/m00./s1. The van der Waals surface area contributed by atoms with Gasteiger partial charge in [0.1, 0.15) is 0 Å². The summed E-state index contributed by atoms with van der Waals surface area (Å²) in [6, 6.07) is 0. The van der Waals surface area contributed by atoms with Gasteiger partial charge in [0.25, 0.3) is 0 Å². The van der Waals surface area contributed by atoms with E-state index in [9.17, 15) is 19.8 Å². The Bertz CT molecular complexity index is 1190. The maximum atomic E-state index is 11.9. The Morgan fingerprint density at radius 1 is 0.667 bits per heavy atom. The molecule has 6 rings (SSSR count). The normalized spacial score (nSPS) is 40.4. The zero-order valence-corrected chi connectivity index (χ0v) is 31.9. The number of hydrogen-bond donors (Lipinski definition) is 2. The molecule has 0 saturated heterocycles. The summed E-state index contributed by atoms with van der Waals surface area (Å²) >= 11 is 0. The van der Waals surface area contributed by atoms with Crippen molar-refractivity contribution in [1.82, 2.24) is 0 Å². The van der Waals surface area contributed by atoms with Crippen LogP contribution in [-0.4, -0.2) is 59.9 Å². The van der Waals surface area contributed by atoms with E-state index in [1.54, 1.807) is 11.1 Å². The maximum Gasteiger partial charge on any atom is 0.309 e. The van der Waals surface area contributed by atoms with Gasteiger partial charge < -0.3 is 10.2 Å². The molecule has 0 aromatic carbocycles. The minimum Gasteiger partial charge on any atom is -0.481 e. The molecule has 2 saturated carbocycles. The van der Waals surface area contributed by atoms with Crippen molar-refractivity contribution in [3.8, 4) is 0 Å². The minimum atomic E-state index is -0.588. The van der Waals surface area contributed by atoms with Gasteiger partial charge in [-0.25, -0.2) is 0 Å². The summed E-state index contributed by atoms with van der Waals surface area (Å²) in [5, 5.41) is 19.7. The topological polar surface area (TPSA) is 74.6 Å². The first kappa shape index (κ1) is 37.0. The fourth-order valence-electron chi connectivity index (χ4n) is 11.2. The van der Waals surface area contributed by atoms with Crippen LogP contribution in [0.25, 0.3) is 0 Å². The zero-order valence-electron chi connectivity index (χ0n) is 29.7. The molecule has 8 atom stereocenters. The van der Waals surface area contributed by atoms with E-state index in [0.717, 1.165) is 38.5 Å². The van der Waals surface area contributed by atoms with Gasteiger partial charge in [-0.05, 0) is 136 Å². The molecular formula is C40H60CaO4. The van der Waals surface area contributed by atoms with E-state index in [1.807, 2.05) is 13.8 Å². The number of carbonyl (C=O) groups is 2. The monoisotopic (exact) mass is 644 g/mol. The Morgan fingerprint density at radius 3 is 1.33 bits per heavy atom. The van der Waals surface area contributed by atoms with Gasteiger partial charge in [0, 0.05) is 37.7 Å². The van der Waals surface area contributed by atoms with Gasteiger partial charge >= 0.3 is 11.9 Å². The molecule has 0 spiro atoms. The largest absolute Gasteiger partial charge is 0.481 e. The van der Waals surface area contributed by atoms with Crippen molar-refractivity contribution in [1.29, 1.82) is 0 Å². The second-order valence-electron chi connectivity index (χ2n) is 17.1. The van der Waals surface area contributed by atoms with Gasteiger partial charge in [-0.15, -0.1) is 0 Å². The molecule has 0 bridgehead atoms. The Labute approximate surface area is 303 Å². The Morgan fingerprint density at radius 2 is 1.02 bits per heavy atom. The summed E-state index contributed by atoms with van der Waals surface area (Å²) in [7, 11) is 0. The molecule has 0 heterocycles. The van der Waals surface area contributed by atoms with Crippen molar-refractivity contribution >= 4 is 49.7 Å². The number of hydrogen-bond acceptors (Lipinski definition) is 2. The molecule has 45 heavy (non-hydrogen) atoms. The molecule has 6 aliphatic rings. The zero-order chi connectivity index (χ0) is 32.2. The third-order valence-corrected chi connectivity index (χ3v) is 14.1. The predicted molar refractivity (Wildman–Crippen MR) is 185 cm³/mol. The average Bonchev–Trinajstić information content (AvgIpc) is 2.96. The van der Waals surface area contributed by atoms with Crippen LogP contribution in [0.1, 0.15) is 132 Å². The van der Waals surface area contributed by atoms with E-state index in [1.165, 1.54) is 49.7 Å². The predicted octanol–water partition coefficient (Wildman–Crippen LogP) is 10.0. The van der Waals surface area contributed by atoms with Gasteiger partial charge in [-0.2, -0.15) is 0 Å². The van der Waals surface area contributed by atoms with Crippen LogP contribution in [-0.2, 0) is 9.59 Å². The van der Waals surface area contributed by atoms with E-state index in [4.69, 9.17) is 0 Å². The fraction of sp³-hybridized carbons (Fsp3) is 0.750. The Kier molecular flexibility index (Phi) is 11.2. The summed E-state index contributed by atoms with van der Waals surface area (Å²) in [6.45, 7) is 17.9. The minimum absolute atomic E-state index is 0. The number of carboxylic acid groups (broad SMARTS) is 2. The fourth-order valence-corrected chi connectivity index (χ4v) is 11.2. The van der Waals surface area contributed by atoms with Gasteiger partial charge in [-0.1, -0.05) is 89.8 Å². The first-order valence-corrected chi connectivity index (χ1v) is 17.9. The van der Waals surface area contributed by atoms with Crippen LogP contribution in [0.3, 0.4) is 0 Å². The number of fused-ring (bicyclic) bond motifs is 6. The third kappa shape index (κ3) is 6.37. The number of rotatable bonds is 4. The molecule has 2 N–H and O–H groups in total. The molecule has 0 aromatic heterocycles. The Balaban J connectivity index is 0.000000200. The van der Waals surface area contributed by atoms with Crippen molar-refractivity contribution in [3.63, 3.8) is 0 Å². The molecule has 0 aromatic rings. The molecule has 0 amide bonds. The smallest absolute Gasteiger partial charge is 0.309 e. The maximum absolute atomic E-state index is 11.9. The van der Waals surface area contributed by atoms with Crippen LogP contribution in [0, 0.1) is 57.2 Å². The molecule has 2 fully saturated rings. The van der Waals surface area contributed by atoms with Crippen molar-refractivity contribution in [3.05, 3.63) is 46.6 Å². The molecule has 4 nitrogen and oxygen atoms in total. The molecule has 0 unspecified atom stereocenters. The summed E-state index contributed by atoms with van der Waals surface area (Å²) in [6.07, 6.45) is 22.4. The van der Waals surface area contributed by atoms with Crippen LogP contribution in [0.15, 0.2) is 46.6 Å². The summed E-state index contributed by atoms with van der Waals surface area (Å²) in [5.74, 6) is 1.78. The van der Waals surface area contributed by atoms with Crippen molar-refractivity contribution in [2.24, 2.45) is 57.2 Å². The van der Waals surface area contributed by atoms with Gasteiger partial charge in [0.05, 0.1) is 10.8 Å². The van der Waals surface area contributed by atoms with Crippen molar-refractivity contribution in [2.45, 2.75) is 132 Å². The molecule has 246 valence electrons. The molecule has 2 radical (unpaired) electrons. The van der Waals surface area contributed by atoms with E-state index < -0.39 is 22.8 Å². The SMILES string of the molecule is CC(C)C1=CC2=CC[C@@H]3[C@](C)(CCC[C@@]3(C)C(=O)O)[C@H]2CC1.CC(C)C1=CC2=CC[C@@H]3[C@](C)(CCC[C@@]3(C)C(=O)O)[C@H]2CC1.[Ca]. The summed E-state index contributed by atoms with van der Waals surface area (Å²) in [4.78, 5) is 23.9. The summed E-state index contributed by atoms with van der Waals surface area (Å²) in [5.41, 5.74) is 5.38. The van der Waals surface area contributed by atoms with Crippen molar-refractivity contribution < 1.29 is 19.8 Å². The second kappa shape index (κ2) is 13.6. The van der Waals surface area contributed by atoms with Gasteiger partial charge in [0.2, 0.25) is 0 Å². The van der Waals surface area contributed by atoms with E-state index in [2.05, 4.69) is 65.8 Å². The number of aliphatic carboxylic acids is 2. The van der Waals surface area contributed by atoms with Gasteiger partial charge in [0.15, 0.2) is 0 Å². The van der Waals surface area contributed by atoms with Gasteiger partial charge in [-0.3, -0.25) is 9.59 Å². The second-order valence-corrected chi connectivity index (χ2v) is 17.1. The van der Waals surface area contributed by atoms with E-state index in [0.29, 0.717) is 23.7 Å². The number of allylic oxidation sites excluding steroid dienone is 8. The first-order valence-electron chi connectivity index (χ1n) is 17.9.